The van der Waals surface area contributed by atoms with Crippen molar-refractivity contribution < 1.29 is 14.0 Å². The molecule has 6 heteroatoms. The Morgan fingerprint density at radius 1 is 1.07 bits per heavy atom. The molecule has 0 spiro atoms. The number of piperazine rings is 1. The highest BCUT2D eigenvalue weighted by atomic mass is 19.1. The van der Waals surface area contributed by atoms with Gasteiger partial charge in [-0.3, -0.25) is 14.5 Å². The van der Waals surface area contributed by atoms with Crippen LogP contribution in [0.5, 0.6) is 0 Å². The monoisotopic (exact) mass is 397 g/mol. The van der Waals surface area contributed by atoms with Crippen LogP contribution in [-0.4, -0.2) is 60.8 Å². The van der Waals surface area contributed by atoms with Gasteiger partial charge >= 0.3 is 0 Å². The fourth-order valence-corrected chi connectivity index (χ4v) is 3.74. The van der Waals surface area contributed by atoms with E-state index in [1.165, 1.54) is 12.1 Å². The average molecular weight is 397 g/mol. The Bertz CT molecular complexity index is 861. The molecule has 0 radical (unpaired) electrons. The van der Waals surface area contributed by atoms with E-state index in [2.05, 4.69) is 9.80 Å². The second-order valence-electron chi connectivity index (χ2n) is 7.63. The Hall–Kier alpha value is -2.73. The Balaban J connectivity index is 1.54. The van der Waals surface area contributed by atoms with Gasteiger partial charge in [-0.2, -0.15) is 0 Å². The molecule has 0 bridgehead atoms. The van der Waals surface area contributed by atoms with Crippen molar-refractivity contribution in [2.45, 2.75) is 26.4 Å². The van der Waals surface area contributed by atoms with E-state index >= 15 is 0 Å². The molecular formula is C23H28FN3O2. The van der Waals surface area contributed by atoms with E-state index in [4.69, 9.17) is 0 Å². The topological polar surface area (TPSA) is 43.9 Å². The van der Waals surface area contributed by atoms with Crippen molar-refractivity contribution in [3.63, 3.8) is 0 Å². The van der Waals surface area contributed by atoms with Gasteiger partial charge in [0, 0.05) is 51.0 Å². The number of carbonyl (C=O) groups excluding carboxylic acids is 2. The summed E-state index contributed by atoms with van der Waals surface area (Å²) in [4.78, 5) is 30.4. The minimum Gasteiger partial charge on any atom is -0.369 e. The van der Waals surface area contributed by atoms with Crippen LogP contribution in [0.15, 0.2) is 48.5 Å². The van der Waals surface area contributed by atoms with Gasteiger partial charge in [0.1, 0.15) is 5.82 Å². The Morgan fingerprint density at radius 3 is 2.31 bits per heavy atom. The number of ketones is 1. The SMILES string of the molecule is CC(=O)c1ccc(N2CCN([C@@H](C)C(=O)N(C)Cc3cccc(F)c3)CC2)cc1. The molecule has 1 amide bonds. The molecule has 2 aromatic rings. The summed E-state index contributed by atoms with van der Waals surface area (Å²) in [5.74, 6) is -0.187. The number of halogens is 1. The predicted molar refractivity (Wildman–Crippen MR) is 113 cm³/mol. The number of benzene rings is 2. The highest BCUT2D eigenvalue weighted by Gasteiger charge is 2.27. The van der Waals surface area contributed by atoms with Gasteiger partial charge < -0.3 is 9.80 Å². The zero-order chi connectivity index (χ0) is 21.0. The number of hydrogen-bond donors (Lipinski definition) is 0. The van der Waals surface area contributed by atoms with Crippen molar-refractivity contribution in [1.29, 1.82) is 0 Å². The molecule has 29 heavy (non-hydrogen) atoms. The number of Topliss-reactive ketones (excluding diaryl/α,β-unsaturated/α-hetero) is 1. The number of rotatable bonds is 6. The normalized spacial score (nSPS) is 15.8. The molecule has 1 heterocycles. The van der Waals surface area contributed by atoms with Gasteiger partial charge in [-0.1, -0.05) is 12.1 Å². The summed E-state index contributed by atoms with van der Waals surface area (Å²) in [7, 11) is 1.76. The number of nitrogens with zero attached hydrogens (tertiary/aromatic N) is 3. The van der Waals surface area contributed by atoms with Crippen molar-refractivity contribution in [2.24, 2.45) is 0 Å². The van der Waals surface area contributed by atoms with Crippen LogP contribution in [0.25, 0.3) is 0 Å². The smallest absolute Gasteiger partial charge is 0.239 e. The van der Waals surface area contributed by atoms with Gasteiger partial charge in [-0.15, -0.1) is 0 Å². The largest absolute Gasteiger partial charge is 0.369 e. The summed E-state index contributed by atoms with van der Waals surface area (Å²) in [6.45, 7) is 7.11. The molecule has 1 fully saturated rings. The third-order valence-electron chi connectivity index (χ3n) is 5.54. The van der Waals surface area contributed by atoms with Crippen LogP contribution in [0.3, 0.4) is 0 Å². The second-order valence-corrected chi connectivity index (χ2v) is 7.63. The van der Waals surface area contributed by atoms with E-state index in [0.29, 0.717) is 12.1 Å². The number of hydrogen-bond acceptors (Lipinski definition) is 4. The average Bonchev–Trinajstić information content (AvgIpc) is 2.73. The zero-order valence-corrected chi connectivity index (χ0v) is 17.3. The number of carbonyl (C=O) groups is 2. The first-order valence-electron chi connectivity index (χ1n) is 9.94. The Morgan fingerprint density at radius 2 is 1.72 bits per heavy atom. The number of amides is 1. The van der Waals surface area contributed by atoms with Gasteiger partial charge in [0.2, 0.25) is 5.91 Å². The fraction of sp³-hybridized carbons (Fsp3) is 0.391. The summed E-state index contributed by atoms with van der Waals surface area (Å²) in [6, 6.07) is 13.8. The molecule has 1 aliphatic rings. The summed E-state index contributed by atoms with van der Waals surface area (Å²) >= 11 is 0. The number of anilines is 1. The quantitative estimate of drug-likeness (QED) is 0.702. The van der Waals surface area contributed by atoms with E-state index in [1.54, 1.807) is 24.9 Å². The van der Waals surface area contributed by atoms with Crippen molar-refractivity contribution in [1.82, 2.24) is 9.80 Å². The fourth-order valence-electron chi connectivity index (χ4n) is 3.74. The van der Waals surface area contributed by atoms with E-state index < -0.39 is 0 Å². The molecular weight excluding hydrogens is 369 g/mol. The van der Waals surface area contributed by atoms with Crippen molar-refractivity contribution in [2.75, 3.05) is 38.1 Å². The van der Waals surface area contributed by atoms with Crippen molar-refractivity contribution >= 4 is 17.4 Å². The minimum absolute atomic E-state index is 0.0357. The lowest BCUT2D eigenvalue weighted by molar-refractivity contribution is -0.135. The van der Waals surface area contributed by atoms with Crippen molar-refractivity contribution in [3.05, 3.63) is 65.5 Å². The molecule has 0 unspecified atom stereocenters. The zero-order valence-electron chi connectivity index (χ0n) is 17.3. The van der Waals surface area contributed by atoms with Crippen LogP contribution in [-0.2, 0) is 11.3 Å². The molecule has 1 saturated heterocycles. The maximum Gasteiger partial charge on any atom is 0.239 e. The Kier molecular flexibility index (Phi) is 6.64. The molecule has 0 N–H and O–H groups in total. The van der Waals surface area contributed by atoms with E-state index in [9.17, 15) is 14.0 Å². The molecule has 0 aromatic heterocycles. The van der Waals surface area contributed by atoms with E-state index in [-0.39, 0.29) is 23.5 Å². The molecule has 0 saturated carbocycles. The standard InChI is InChI=1S/C23H28FN3O2/c1-17(23(29)25(3)16-19-5-4-6-21(24)15-19)26-11-13-27(14-12-26)22-9-7-20(8-10-22)18(2)28/h4-10,15,17H,11-14,16H2,1-3H3/t17-/m0/s1. The van der Waals surface area contributed by atoms with Crippen LogP contribution < -0.4 is 4.90 Å². The molecule has 1 aliphatic heterocycles. The number of likely N-dealkylation sites (N-methyl/N-ethyl adjacent to an activating group) is 1. The molecule has 3 rings (SSSR count). The van der Waals surface area contributed by atoms with Crippen LogP contribution in [0.2, 0.25) is 0 Å². The molecule has 2 aromatic carbocycles. The van der Waals surface area contributed by atoms with Crippen LogP contribution >= 0.6 is 0 Å². The molecule has 5 nitrogen and oxygen atoms in total. The predicted octanol–water partition coefficient (Wildman–Crippen LogP) is 3.20. The van der Waals surface area contributed by atoms with Crippen LogP contribution in [0.1, 0.15) is 29.8 Å². The summed E-state index contributed by atoms with van der Waals surface area (Å²) < 4.78 is 13.4. The highest BCUT2D eigenvalue weighted by molar-refractivity contribution is 5.94. The lowest BCUT2D eigenvalue weighted by Crippen LogP contribution is -2.54. The minimum atomic E-state index is -0.288. The van der Waals surface area contributed by atoms with E-state index in [0.717, 1.165) is 37.4 Å². The first-order chi connectivity index (χ1) is 13.8. The third-order valence-corrected chi connectivity index (χ3v) is 5.54. The third kappa shape index (κ3) is 5.21. The van der Waals surface area contributed by atoms with Gasteiger partial charge in [-0.25, -0.2) is 4.39 Å². The van der Waals surface area contributed by atoms with Crippen LogP contribution in [0.4, 0.5) is 10.1 Å². The highest BCUT2D eigenvalue weighted by Crippen LogP contribution is 2.19. The first kappa shape index (κ1) is 21.0. The second kappa shape index (κ2) is 9.18. The maximum atomic E-state index is 13.4. The summed E-state index contributed by atoms with van der Waals surface area (Å²) in [5, 5.41) is 0. The Labute approximate surface area is 171 Å². The lowest BCUT2D eigenvalue weighted by atomic mass is 10.1. The molecule has 0 aliphatic carbocycles. The summed E-state index contributed by atoms with van der Waals surface area (Å²) in [6.07, 6.45) is 0. The summed E-state index contributed by atoms with van der Waals surface area (Å²) in [5.41, 5.74) is 2.59. The lowest BCUT2D eigenvalue weighted by Gasteiger charge is -2.39. The maximum absolute atomic E-state index is 13.4. The molecule has 1 atom stereocenters. The van der Waals surface area contributed by atoms with Crippen LogP contribution in [0, 0.1) is 5.82 Å². The molecule has 154 valence electrons. The van der Waals surface area contributed by atoms with E-state index in [1.807, 2.05) is 37.3 Å². The van der Waals surface area contributed by atoms with Gasteiger partial charge in [-0.05, 0) is 55.8 Å². The van der Waals surface area contributed by atoms with Gasteiger partial charge in [0.15, 0.2) is 5.78 Å². The van der Waals surface area contributed by atoms with Gasteiger partial charge in [0.25, 0.3) is 0 Å². The first-order valence-corrected chi connectivity index (χ1v) is 9.94. The van der Waals surface area contributed by atoms with Crippen molar-refractivity contribution in [3.8, 4) is 0 Å². The van der Waals surface area contributed by atoms with Gasteiger partial charge in [0.05, 0.1) is 6.04 Å².